The summed E-state index contributed by atoms with van der Waals surface area (Å²) >= 11 is 0. The maximum absolute atomic E-state index is 2.76. The van der Waals surface area contributed by atoms with Crippen LogP contribution in [0.3, 0.4) is 0 Å². The molecule has 4 fully saturated rings. The molecular formula is C16H31N5. The Morgan fingerprint density at radius 3 is 1.57 bits per heavy atom. The van der Waals surface area contributed by atoms with Crippen molar-refractivity contribution < 1.29 is 0 Å². The van der Waals surface area contributed by atoms with Crippen molar-refractivity contribution in [3.63, 3.8) is 0 Å². The molecule has 1 atom stereocenters. The zero-order chi connectivity index (χ0) is 14.4. The Balaban J connectivity index is 1.18. The molecule has 4 heterocycles. The molecule has 0 spiro atoms. The molecule has 1 unspecified atom stereocenters. The molecule has 0 aromatic heterocycles. The van der Waals surface area contributed by atoms with Crippen LogP contribution in [-0.2, 0) is 0 Å². The zero-order valence-corrected chi connectivity index (χ0v) is 13.7. The van der Waals surface area contributed by atoms with Crippen LogP contribution in [0.15, 0.2) is 0 Å². The summed E-state index contributed by atoms with van der Waals surface area (Å²) < 4.78 is 0. The molecular weight excluding hydrogens is 262 g/mol. The maximum Gasteiger partial charge on any atom is 0.0351 e. The lowest BCUT2D eigenvalue weighted by Crippen LogP contribution is -2.70. The predicted molar refractivity (Wildman–Crippen MR) is 85.7 cm³/mol. The normalized spacial score (nSPS) is 36.0. The highest BCUT2D eigenvalue weighted by molar-refractivity contribution is 4.98. The van der Waals surface area contributed by atoms with Crippen LogP contribution in [-0.4, -0.2) is 122 Å². The van der Waals surface area contributed by atoms with Crippen LogP contribution in [0, 0.1) is 0 Å². The second-order valence-electron chi connectivity index (χ2n) is 7.76. The zero-order valence-electron chi connectivity index (χ0n) is 13.7. The Kier molecular flexibility index (Phi) is 3.96. The van der Waals surface area contributed by atoms with E-state index in [0.717, 1.165) is 18.1 Å². The van der Waals surface area contributed by atoms with Crippen LogP contribution in [0.1, 0.15) is 6.42 Å². The number of rotatable bonds is 3. The van der Waals surface area contributed by atoms with Gasteiger partial charge in [-0.2, -0.15) is 0 Å². The molecule has 0 aliphatic carbocycles. The second-order valence-corrected chi connectivity index (χ2v) is 7.76. The molecule has 0 aromatic carbocycles. The van der Waals surface area contributed by atoms with Gasteiger partial charge in [0.05, 0.1) is 0 Å². The molecule has 4 rings (SSSR count). The van der Waals surface area contributed by atoms with Crippen molar-refractivity contribution in [3.8, 4) is 0 Å². The Hall–Kier alpha value is -0.200. The van der Waals surface area contributed by atoms with Gasteiger partial charge in [0.1, 0.15) is 0 Å². The lowest BCUT2D eigenvalue weighted by Gasteiger charge is -2.54. The number of piperazine rings is 1. The molecule has 0 aromatic rings. The van der Waals surface area contributed by atoms with Crippen LogP contribution >= 0.6 is 0 Å². The summed E-state index contributed by atoms with van der Waals surface area (Å²) in [5, 5.41) is 0. The molecule has 0 bridgehead atoms. The topological polar surface area (TPSA) is 16.2 Å². The molecule has 5 nitrogen and oxygen atoms in total. The minimum atomic E-state index is 0.834. The minimum Gasteiger partial charge on any atom is -0.305 e. The summed E-state index contributed by atoms with van der Waals surface area (Å²) in [6.45, 7) is 13.0. The average molecular weight is 293 g/mol. The molecule has 0 amide bonds. The minimum absolute atomic E-state index is 0.834. The fourth-order valence-corrected chi connectivity index (χ4v) is 4.59. The van der Waals surface area contributed by atoms with Crippen molar-refractivity contribution in [3.05, 3.63) is 0 Å². The monoisotopic (exact) mass is 293 g/mol. The van der Waals surface area contributed by atoms with Crippen LogP contribution < -0.4 is 0 Å². The fraction of sp³-hybridized carbons (Fsp3) is 1.00. The van der Waals surface area contributed by atoms with E-state index in [4.69, 9.17) is 0 Å². The van der Waals surface area contributed by atoms with E-state index in [9.17, 15) is 0 Å². The van der Waals surface area contributed by atoms with Gasteiger partial charge in [-0.15, -0.1) is 0 Å². The highest BCUT2D eigenvalue weighted by atomic mass is 15.4. The van der Waals surface area contributed by atoms with Crippen molar-refractivity contribution in [2.45, 2.75) is 24.5 Å². The first kappa shape index (κ1) is 14.4. The molecule has 5 heteroatoms. The smallest absolute Gasteiger partial charge is 0.0351 e. The first-order valence-corrected chi connectivity index (χ1v) is 8.78. The number of nitrogens with zero attached hydrogens (tertiary/aromatic N) is 5. The molecule has 4 aliphatic heterocycles. The first-order valence-electron chi connectivity index (χ1n) is 8.78. The number of likely N-dealkylation sites (N-methyl/N-ethyl adjacent to an activating group) is 2. The molecule has 120 valence electrons. The predicted octanol–water partition coefficient (Wildman–Crippen LogP) is -0.694. The van der Waals surface area contributed by atoms with Crippen molar-refractivity contribution in [1.29, 1.82) is 0 Å². The van der Waals surface area contributed by atoms with E-state index >= 15 is 0 Å². The van der Waals surface area contributed by atoms with Gasteiger partial charge in [0.15, 0.2) is 0 Å². The van der Waals surface area contributed by atoms with Crippen LogP contribution in [0.2, 0.25) is 0 Å². The van der Waals surface area contributed by atoms with Gasteiger partial charge >= 0.3 is 0 Å². The molecule has 4 saturated heterocycles. The Morgan fingerprint density at radius 1 is 0.524 bits per heavy atom. The summed E-state index contributed by atoms with van der Waals surface area (Å²) in [6, 6.07) is 2.55. The van der Waals surface area contributed by atoms with E-state index in [2.05, 4.69) is 38.6 Å². The van der Waals surface area contributed by atoms with E-state index in [1.54, 1.807) is 0 Å². The van der Waals surface area contributed by atoms with E-state index in [1.807, 2.05) is 0 Å². The van der Waals surface area contributed by atoms with Gasteiger partial charge in [-0.1, -0.05) is 0 Å². The third-order valence-corrected chi connectivity index (χ3v) is 6.20. The van der Waals surface area contributed by atoms with Crippen molar-refractivity contribution in [1.82, 2.24) is 24.5 Å². The van der Waals surface area contributed by atoms with E-state index in [1.165, 1.54) is 71.9 Å². The molecule has 0 radical (unpaired) electrons. The largest absolute Gasteiger partial charge is 0.305 e. The number of hydrogen-bond donors (Lipinski definition) is 0. The lowest BCUT2D eigenvalue weighted by molar-refractivity contribution is -0.0564. The summed E-state index contributed by atoms with van der Waals surface area (Å²) in [7, 11) is 4.49. The standard InChI is InChI=1S/C16H31N5/c1-17-4-3-14(9-17)19-5-7-20(8-6-19)16-12-21(13-16)15-10-18(2)11-15/h14-16H,3-13H2,1-2H3. The van der Waals surface area contributed by atoms with Gasteiger partial charge in [-0.25, -0.2) is 0 Å². The summed E-state index contributed by atoms with van der Waals surface area (Å²) in [5.41, 5.74) is 0. The van der Waals surface area contributed by atoms with Crippen LogP contribution in [0.4, 0.5) is 0 Å². The Labute approximate surface area is 129 Å². The number of hydrogen-bond acceptors (Lipinski definition) is 5. The SMILES string of the molecule is CN1CCC(N2CCN(C3CN(C4CN(C)C4)C3)CC2)C1. The van der Waals surface area contributed by atoms with Gasteiger partial charge in [0.2, 0.25) is 0 Å². The third kappa shape index (κ3) is 2.86. The van der Waals surface area contributed by atoms with E-state index in [0.29, 0.717) is 0 Å². The third-order valence-electron chi connectivity index (χ3n) is 6.20. The van der Waals surface area contributed by atoms with Gasteiger partial charge in [0.25, 0.3) is 0 Å². The van der Waals surface area contributed by atoms with Gasteiger partial charge in [-0.3, -0.25) is 14.7 Å². The maximum atomic E-state index is 2.76. The molecule has 0 N–H and O–H groups in total. The Bertz CT molecular complexity index is 356. The fourth-order valence-electron chi connectivity index (χ4n) is 4.59. The first-order chi connectivity index (χ1) is 10.2. The quantitative estimate of drug-likeness (QED) is 0.682. The lowest BCUT2D eigenvalue weighted by atomic mass is 9.98. The summed E-state index contributed by atoms with van der Waals surface area (Å²) in [6.07, 6.45) is 1.38. The van der Waals surface area contributed by atoms with Crippen molar-refractivity contribution in [2.24, 2.45) is 0 Å². The Morgan fingerprint density at radius 2 is 1.05 bits per heavy atom. The van der Waals surface area contributed by atoms with Gasteiger partial charge in [0, 0.05) is 77.0 Å². The van der Waals surface area contributed by atoms with E-state index < -0.39 is 0 Å². The van der Waals surface area contributed by atoms with E-state index in [-0.39, 0.29) is 0 Å². The van der Waals surface area contributed by atoms with Crippen molar-refractivity contribution in [2.75, 3.05) is 79.5 Å². The van der Waals surface area contributed by atoms with Crippen molar-refractivity contribution >= 4 is 0 Å². The number of likely N-dealkylation sites (tertiary alicyclic amines) is 3. The van der Waals surface area contributed by atoms with Gasteiger partial charge in [-0.05, 0) is 27.1 Å². The summed E-state index contributed by atoms with van der Waals surface area (Å²) in [4.78, 5) is 13.1. The second kappa shape index (κ2) is 5.78. The van der Waals surface area contributed by atoms with Crippen LogP contribution in [0.25, 0.3) is 0 Å². The highest BCUT2D eigenvalue weighted by Crippen LogP contribution is 2.24. The average Bonchev–Trinajstić information content (AvgIpc) is 2.82. The molecule has 4 aliphatic rings. The van der Waals surface area contributed by atoms with Crippen LogP contribution in [0.5, 0.6) is 0 Å². The summed E-state index contributed by atoms with van der Waals surface area (Å²) in [5.74, 6) is 0. The molecule has 0 saturated carbocycles. The molecule has 21 heavy (non-hydrogen) atoms. The van der Waals surface area contributed by atoms with Gasteiger partial charge < -0.3 is 9.80 Å². The highest BCUT2D eigenvalue weighted by Gasteiger charge is 2.40.